The number of carbonyl (C=O) groups is 1. The lowest BCUT2D eigenvalue weighted by atomic mass is 9.48. The van der Waals surface area contributed by atoms with Crippen molar-refractivity contribution in [3.8, 4) is 6.07 Å². The molecule has 5 aliphatic carbocycles. The molecule has 0 aliphatic heterocycles. The second-order valence-electron chi connectivity index (χ2n) is 9.69. The normalized spacial score (nSPS) is 50.3. The fraction of sp³-hybridized carbons (Fsp3) is 0.818. The molecule has 0 heterocycles. The SMILES string of the molecule is CC12CCC3C4CCC(=O)C=C4CC(C4CC4)C3C1CCC2C#N. The number of nitrogens with zero attached hydrogens (tertiary/aromatic N) is 1. The molecule has 7 unspecified atom stereocenters. The highest BCUT2D eigenvalue weighted by molar-refractivity contribution is 5.91. The minimum atomic E-state index is 0.273. The first-order valence-electron chi connectivity index (χ1n) is 10.2. The standard InChI is InChI=1S/C22H29NO/c1-22-9-8-18-17-6-5-16(24)10-14(17)11-19(13-2-3-13)21(18)20(22)7-4-15(22)12-23/h10,13,15,17-21H,2-9,11H2,1H3. The molecule has 0 spiro atoms. The Bertz CT molecular complexity index is 639. The van der Waals surface area contributed by atoms with Crippen molar-refractivity contribution in [2.45, 2.75) is 64.7 Å². The van der Waals surface area contributed by atoms with E-state index in [9.17, 15) is 10.1 Å². The lowest BCUT2D eigenvalue weighted by molar-refractivity contribution is -0.116. The molecule has 24 heavy (non-hydrogen) atoms. The highest BCUT2D eigenvalue weighted by atomic mass is 16.1. The van der Waals surface area contributed by atoms with Crippen molar-refractivity contribution in [2.24, 2.45) is 46.8 Å². The van der Waals surface area contributed by atoms with Crippen LogP contribution < -0.4 is 0 Å². The molecule has 0 aromatic carbocycles. The maximum absolute atomic E-state index is 12.0. The van der Waals surface area contributed by atoms with Gasteiger partial charge in [-0.2, -0.15) is 5.26 Å². The number of carbonyl (C=O) groups excluding carboxylic acids is 1. The summed E-state index contributed by atoms with van der Waals surface area (Å²) in [6.07, 6.45) is 12.9. The van der Waals surface area contributed by atoms with Crippen LogP contribution in [0.25, 0.3) is 0 Å². The number of allylic oxidation sites excluding steroid dienone is 1. The molecule has 2 nitrogen and oxygen atoms in total. The highest BCUT2D eigenvalue weighted by Crippen LogP contribution is 2.67. The molecule has 0 radical (unpaired) electrons. The van der Waals surface area contributed by atoms with E-state index in [-0.39, 0.29) is 11.3 Å². The van der Waals surface area contributed by atoms with Gasteiger partial charge in [0, 0.05) is 6.42 Å². The van der Waals surface area contributed by atoms with Gasteiger partial charge in [-0.15, -0.1) is 0 Å². The average Bonchev–Trinajstić information content (AvgIpc) is 3.35. The second-order valence-corrected chi connectivity index (χ2v) is 9.69. The number of nitriles is 1. The van der Waals surface area contributed by atoms with Crippen molar-refractivity contribution in [2.75, 3.05) is 0 Å². The Hall–Kier alpha value is -1.10. The summed E-state index contributed by atoms with van der Waals surface area (Å²) >= 11 is 0. The van der Waals surface area contributed by atoms with Gasteiger partial charge in [-0.1, -0.05) is 12.5 Å². The molecule has 128 valence electrons. The molecule has 0 amide bonds. The minimum absolute atomic E-state index is 0.273. The van der Waals surface area contributed by atoms with Crippen molar-refractivity contribution in [1.82, 2.24) is 0 Å². The molecule has 7 atom stereocenters. The molecule has 4 fully saturated rings. The number of hydrogen-bond donors (Lipinski definition) is 0. The zero-order chi connectivity index (χ0) is 16.5. The van der Waals surface area contributed by atoms with Crippen molar-refractivity contribution in [1.29, 1.82) is 5.26 Å². The lowest BCUT2D eigenvalue weighted by Gasteiger charge is -2.56. The topological polar surface area (TPSA) is 40.9 Å². The Labute approximate surface area is 145 Å². The highest BCUT2D eigenvalue weighted by Gasteiger charge is 2.60. The molecule has 0 N–H and O–H groups in total. The Kier molecular flexibility index (Phi) is 3.29. The second kappa shape index (κ2) is 5.20. The fourth-order valence-electron chi connectivity index (χ4n) is 7.50. The van der Waals surface area contributed by atoms with Crippen LogP contribution in [0, 0.1) is 58.2 Å². The van der Waals surface area contributed by atoms with Crippen LogP contribution in [-0.2, 0) is 4.79 Å². The van der Waals surface area contributed by atoms with Crippen molar-refractivity contribution < 1.29 is 4.79 Å². The molecule has 0 bridgehead atoms. The average molecular weight is 323 g/mol. The summed E-state index contributed by atoms with van der Waals surface area (Å²) in [5, 5.41) is 9.67. The van der Waals surface area contributed by atoms with E-state index in [1.165, 1.54) is 44.1 Å². The summed E-state index contributed by atoms with van der Waals surface area (Å²) in [5.74, 6) is 5.49. The van der Waals surface area contributed by atoms with Gasteiger partial charge in [0.2, 0.25) is 0 Å². The van der Waals surface area contributed by atoms with Crippen LogP contribution in [0.15, 0.2) is 11.6 Å². The van der Waals surface area contributed by atoms with Gasteiger partial charge in [0.25, 0.3) is 0 Å². The van der Waals surface area contributed by atoms with Gasteiger partial charge in [-0.05, 0) is 98.4 Å². The maximum atomic E-state index is 12.0. The molecule has 0 saturated heterocycles. The predicted molar refractivity (Wildman–Crippen MR) is 92.8 cm³/mol. The molecule has 5 rings (SSSR count). The maximum Gasteiger partial charge on any atom is 0.155 e. The first kappa shape index (κ1) is 15.2. The van der Waals surface area contributed by atoms with E-state index in [1.54, 1.807) is 0 Å². The zero-order valence-electron chi connectivity index (χ0n) is 14.8. The summed E-state index contributed by atoms with van der Waals surface area (Å²) in [7, 11) is 0. The van der Waals surface area contributed by atoms with Crippen molar-refractivity contribution in [3.63, 3.8) is 0 Å². The van der Waals surface area contributed by atoms with Crippen LogP contribution in [0.2, 0.25) is 0 Å². The van der Waals surface area contributed by atoms with E-state index in [1.807, 2.05) is 6.08 Å². The third-order valence-corrected chi connectivity index (χ3v) is 8.78. The fourth-order valence-corrected chi connectivity index (χ4v) is 7.50. The van der Waals surface area contributed by atoms with E-state index in [0.717, 1.165) is 48.9 Å². The molecule has 5 aliphatic rings. The van der Waals surface area contributed by atoms with Gasteiger partial charge in [-0.25, -0.2) is 0 Å². The lowest BCUT2D eigenvalue weighted by Crippen LogP contribution is -2.50. The van der Waals surface area contributed by atoms with Gasteiger partial charge >= 0.3 is 0 Å². The summed E-state index contributed by atoms with van der Waals surface area (Å²) in [5.41, 5.74) is 1.79. The number of hydrogen-bond acceptors (Lipinski definition) is 2. The zero-order valence-corrected chi connectivity index (χ0v) is 14.8. The molecular weight excluding hydrogens is 294 g/mol. The van der Waals surface area contributed by atoms with E-state index in [4.69, 9.17) is 0 Å². The van der Waals surface area contributed by atoms with Crippen LogP contribution in [0.4, 0.5) is 0 Å². The van der Waals surface area contributed by atoms with E-state index >= 15 is 0 Å². The van der Waals surface area contributed by atoms with E-state index in [0.29, 0.717) is 11.7 Å². The molecule has 2 heteroatoms. The molecule has 0 aromatic heterocycles. The smallest absolute Gasteiger partial charge is 0.155 e. The minimum Gasteiger partial charge on any atom is -0.295 e. The first-order chi connectivity index (χ1) is 11.6. The van der Waals surface area contributed by atoms with Gasteiger partial charge in [-0.3, -0.25) is 4.79 Å². The summed E-state index contributed by atoms with van der Waals surface area (Å²) in [4.78, 5) is 12.0. The third kappa shape index (κ3) is 2.03. The third-order valence-electron chi connectivity index (χ3n) is 8.78. The number of fused-ring (bicyclic) bond motifs is 5. The van der Waals surface area contributed by atoms with Gasteiger partial charge in [0.1, 0.15) is 0 Å². The van der Waals surface area contributed by atoms with Crippen molar-refractivity contribution >= 4 is 5.78 Å². The Balaban J connectivity index is 1.53. The van der Waals surface area contributed by atoms with Gasteiger partial charge < -0.3 is 0 Å². The van der Waals surface area contributed by atoms with Crippen LogP contribution in [0.3, 0.4) is 0 Å². The van der Waals surface area contributed by atoms with Gasteiger partial charge in [0.15, 0.2) is 5.78 Å². The molecule has 0 aromatic rings. The molecule has 4 saturated carbocycles. The number of rotatable bonds is 1. The Morgan fingerprint density at radius 1 is 1.12 bits per heavy atom. The largest absolute Gasteiger partial charge is 0.295 e. The summed E-state index contributed by atoms with van der Waals surface area (Å²) in [6, 6.07) is 2.66. The predicted octanol–water partition coefficient (Wildman–Crippen LogP) is 4.90. The summed E-state index contributed by atoms with van der Waals surface area (Å²) < 4.78 is 0. The van der Waals surface area contributed by atoms with E-state index < -0.39 is 0 Å². The Morgan fingerprint density at radius 3 is 2.71 bits per heavy atom. The summed E-state index contributed by atoms with van der Waals surface area (Å²) in [6.45, 7) is 2.44. The van der Waals surface area contributed by atoms with Crippen LogP contribution in [0.5, 0.6) is 0 Å². The number of ketones is 1. The van der Waals surface area contributed by atoms with Crippen LogP contribution >= 0.6 is 0 Å². The van der Waals surface area contributed by atoms with Crippen LogP contribution in [0.1, 0.15) is 64.7 Å². The van der Waals surface area contributed by atoms with E-state index in [2.05, 4.69) is 13.0 Å². The quantitative estimate of drug-likeness (QED) is 0.688. The van der Waals surface area contributed by atoms with Gasteiger partial charge in [0.05, 0.1) is 12.0 Å². The van der Waals surface area contributed by atoms with Crippen LogP contribution in [-0.4, -0.2) is 5.78 Å². The molecular formula is C22H29NO. The first-order valence-corrected chi connectivity index (χ1v) is 10.2. The van der Waals surface area contributed by atoms with Crippen molar-refractivity contribution in [3.05, 3.63) is 11.6 Å². The Morgan fingerprint density at radius 2 is 1.96 bits per heavy atom. The monoisotopic (exact) mass is 323 g/mol.